The number of aryl methyl sites for hydroxylation is 1. The Morgan fingerprint density at radius 3 is 2.35 bits per heavy atom. The predicted octanol–water partition coefficient (Wildman–Crippen LogP) is 3.60. The van der Waals surface area contributed by atoms with Crippen molar-refractivity contribution in [3.8, 4) is 16.8 Å². The summed E-state index contributed by atoms with van der Waals surface area (Å²) in [6, 6.07) is 21.5. The van der Waals surface area contributed by atoms with Gasteiger partial charge in [-0.15, -0.1) is 0 Å². The Morgan fingerprint density at radius 1 is 0.968 bits per heavy atom. The Bertz CT molecular complexity index is 1240. The molecule has 4 rings (SSSR count). The first-order valence-electron chi connectivity index (χ1n) is 10.2. The van der Waals surface area contributed by atoms with E-state index in [0.29, 0.717) is 17.7 Å². The first-order chi connectivity index (χ1) is 15.0. The van der Waals surface area contributed by atoms with Crippen LogP contribution in [0.5, 0.6) is 0 Å². The van der Waals surface area contributed by atoms with E-state index in [-0.39, 0.29) is 17.5 Å². The van der Waals surface area contributed by atoms with Crippen molar-refractivity contribution in [1.29, 1.82) is 0 Å². The second-order valence-corrected chi connectivity index (χ2v) is 7.64. The molecular weight excluding hydrogens is 388 g/mol. The lowest BCUT2D eigenvalue weighted by molar-refractivity contribution is 0.0939. The molecule has 0 fully saturated rings. The van der Waals surface area contributed by atoms with Crippen LogP contribution in [0.3, 0.4) is 0 Å². The maximum atomic E-state index is 12.7. The summed E-state index contributed by atoms with van der Waals surface area (Å²) in [5.74, 6) is -0.217. The van der Waals surface area contributed by atoms with Crippen LogP contribution in [0.1, 0.15) is 22.8 Å². The van der Waals surface area contributed by atoms with Crippen molar-refractivity contribution < 1.29 is 4.79 Å². The minimum absolute atomic E-state index is 0.0613. The van der Waals surface area contributed by atoms with Gasteiger partial charge in [-0.1, -0.05) is 54.6 Å². The van der Waals surface area contributed by atoms with E-state index in [4.69, 9.17) is 0 Å². The molecule has 1 unspecified atom stereocenters. The van der Waals surface area contributed by atoms with Gasteiger partial charge in [0.05, 0.1) is 17.4 Å². The zero-order chi connectivity index (χ0) is 21.8. The van der Waals surface area contributed by atoms with Crippen LogP contribution in [0.2, 0.25) is 0 Å². The SMILES string of the molecule is CC(Cc1ccc(-c2ccccc2)cc1)NC(=O)c1ccc(=O)n(-c2cnn(C)c2)c1. The summed E-state index contributed by atoms with van der Waals surface area (Å²) >= 11 is 0. The molecule has 0 aliphatic rings. The normalized spacial score (nSPS) is 11.8. The first kappa shape index (κ1) is 20.3. The van der Waals surface area contributed by atoms with Gasteiger partial charge in [0.2, 0.25) is 0 Å². The zero-order valence-corrected chi connectivity index (χ0v) is 17.5. The zero-order valence-electron chi connectivity index (χ0n) is 17.5. The number of nitrogens with one attached hydrogen (secondary N) is 1. The molecule has 0 aliphatic carbocycles. The van der Waals surface area contributed by atoms with Crippen LogP contribution in [0.25, 0.3) is 16.8 Å². The summed E-state index contributed by atoms with van der Waals surface area (Å²) in [7, 11) is 1.78. The standard InChI is InChI=1S/C25H24N4O2/c1-18(14-19-8-10-21(11-9-19)20-6-4-3-5-7-20)27-25(31)22-12-13-24(30)29(16-22)23-15-26-28(2)17-23/h3-13,15-18H,14H2,1-2H3,(H,27,31). The van der Waals surface area contributed by atoms with Crippen LogP contribution in [-0.4, -0.2) is 26.3 Å². The van der Waals surface area contributed by atoms with Gasteiger partial charge in [0, 0.05) is 31.5 Å². The monoisotopic (exact) mass is 412 g/mol. The summed E-state index contributed by atoms with van der Waals surface area (Å²) in [6.45, 7) is 1.97. The molecule has 6 heteroatoms. The third-order valence-electron chi connectivity index (χ3n) is 5.12. The van der Waals surface area contributed by atoms with Crippen LogP contribution in [0.15, 0.2) is 90.1 Å². The largest absolute Gasteiger partial charge is 0.349 e. The van der Waals surface area contributed by atoms with E-state index in [1.165, 1.54) is 21.8 Å². The second kappa shape index (κ2) is 8.83. The number of amides is 1. The Balaban J connectivity index is 1.42. The molecule has 0 saturated carbocycles. The van der Waals surface area contributed by atoms with Gasteiger partial charge < -0.3 is 5.32 Å². The fourth-order valence-electron chi connectivity index (χ4n) is 3.53. The highest BCUT2D eigenvalue weighted by Crippen LogP contribution is 2.19. The van der Waals surface area contributed by atoms with Gasteiger partial charge in [-0.3, -0.25) is 18.8 Å². The number of benzene rings is 2. The molecule has 4 aromatic rings. The van der Waals surface area contributed by atoms with Crippen LogP contribution in [-0.2, 0) is 13.5 Å². The summed E-state index contributed by atoms with van der Waals surface area (Å²) in [6.07, 6.45) is 5.58. The van der Waals surface area contributed by atoms with E-state index in [1.54, 1.807) is 36.4 Å². The molecule has 2 aromatic carbocycles. The number of carbonyl (C=O) groups is 1. The minimum Gasteiger partial charge on any atom is -0.349 e. The number of rotatable bonds is 6. The highest BCUT2D eigenvalue weighted by Gasteiger charge is 2.13. The third-order valence-corrected chi connectivity index (χ3v) is 5.12. The highest BCUT2D eigenvalue weighted by molar-refractivity contribution is 5.94. The molecule has 2 heterocycles. The summed E-state index contributed by atoms with van der Waals surface area (Å²) in [4.78, 5) is 24.9. The lowest BCUT2D eigenvalue weighted by Crippen LogP contribution is -2.34. The van der Waals surface area contributed by atoms with E-state index < -0.39 is 0 Å². The quantitative estimate of drug-likeness (QED) is 0.526. The Hall–Kier alpha value is -3.93. The van der Waals surface area contributed by atoms with Crippen molar-refractivity contribution in [3.05, 3.63) is 107 Å². The molecule has 0 radical (unpaired) electrons. The summed E-state index contributed by atoms with van der Waals surface area (Å²) < 4.78 is 3.04. The average Bonchev–Trinajstić information content (AvgIpc) is 3.21. The molecule has 0 saturated heterocycles. The molecule has 1 atom stereocenters. The van der Waals surface area contributed by atoms with Gasteiger partial charge >= 0.3 is 0 Å². The molecule has 31 heavy (non-hydrogen) atoms. The van der Waals surface area contributed by atoms with E-state index in [1.807, 2.05) is 25.1 Å². The lowest BCUT2D eigenvalue weighted by Gasteiger charge is -2.15. The van der Waals surface area contributed by atoms with E-state index in [9.17, 15) is 9.59 Å². The molecule has 156 valence electrons. The molecule has 1 amide bonds. The highest BCUT2D eigenvalue weighted by atomic mass is 16.2. The van der Waals surface area contributed by atoms with Crippen molar-refractivity contribution in [2.75, 3.05) is 0 Å². The minimum atomic E-state index is -0.217. The first-order valence-corrected chi connectivity index (χ1v) is 10.2. The molecule has 0 spiro atoms. The van der Waals surface area contributed by atoms with Crippen molar-refractivity contribution in [2.24, 2.45) is 7.05 Å². The van der Waals surface area contributed by atoms with Crippen molar-refractivity contribution in [3.63, 3.8) is 0 Å². The fraction of sp³-hybridized carbons (Fsp3) is 0.160. The Labute approximate surface area is 180 Å². The molecular formula is C25H24N4O2. The van der Waals surface area contributed by atoms with E-state index in [2.05, 4.69) is 46.8 Å². The predicted molar refractivity (Wildman–Crippen MR) is 121 cm³/mol. The van der Waals surface area contributed by atoms with Crippen LogP contribution in [0.4, 0.5) is 0 Å². The summed E-state index contributed by atoms with van der Waals surface area (Å²) in [5.41, 5.74) is 4.32. The molecule has 0 aliphatic heterocycles. The van der Waals surface area contributed by atoms with E-state index >= 15 is 0 Å². The van der Waals surface area contributed by atoms with Crippen LogP contribution < -0.4 is 10.9 Å². The smallest absolute Gasteiger partial charge is 0.255 e. The van der Waals surface area contributed by atoms with Crippen molar-refractivity contribution in [2.45, 2.75) is 19.4 Å². The van der Waals surface area contributed by atoms with Crippen LogP contribution >= 0.6 is 0 Å². The number of hydrogen-bond donors (Lipinski definition) is 1. The van der Waals surface area contributed by atoms with Gasteiger partial charge in [-0.05, 0) is 36.1 Å². The Kier molecular flexibility index (Phi) is 5.80. The third kappa shape index (κ3) is 4.80. The maximum Gasteiger partial charge on any atom is 0.255 e. The number of hydrogen-bond acceptors (Lipinski definition) is 3. The topological polar surface area (TPSA) is 68.9 Å². The van der Waals surface area contributed by atoms with Crippen molar-refractivity contribution >= 4 is 5.91 Å². The van der Waals surface area contributed by atoms with Crippen molar-refractivity contribution in [1.82, 2.24) is 19.7 Å². The number of carbonyl (C=O) groups excluding carboxylic acids is 1. The molecule has 1 N–H and O–H groups in total. The average molecular weight is 412 g/mol. The Morgan fingerprint density at radius 2 is 1.68 bits per heavy atom. The van der Waals surface area contributed by atoms with Gasteiger partial charge in [-0.2, -0.15) is 5.10 Å². The molecule has 0 bridgehead atoms. The van der Waals surface area contributed by atoms with E-state index in [0.717, 1.165) is 5.56 Å². The summed E-state index contributed by atoms with van der Waals surface area (Å²) in [5, 5.41) is 7.10. The molecule has 6 nitrogen and oxygen atoms in total. The van der Waals surface area contributed by atoms with Gasteiger partial charge in [0.25, 0.3) is 11.5 Å². The number of aromatic nitrogens is 3. The second-order valence-electron chi connectivity index (χ2n) is 7.64. The fourth-order valence-corrected chi connectivity index (χ4v) is 3.53. The number of nitrogens with zero attached hydrogens (tertiary/aromatic N) is 3. The molecule has 2 aromatic heterocycles. The van der Waals surface area contributed by atoms with Gasteiger partial charge in [-0.25, -0.2) is 0 Å². The maximum absolute atomic E-state index is 12.7. The van der Waals surface area contributed by atoms with Gasteiger partial charge in [0.15, 0.2) is 0 Å². The number of pyridine rings is 1. The van der Waals surface area contributed by atoms with Crippen LogP contribution in [0, 0.1) is 0 Å². The van der Waals surface area contributed by atoms with Gasteiger partial charge in [0.1, 0.15) is 0 Å². The lowest BCUT2D eigenvalue weighted by atomic mass is 10.0.